The Kier molecular flexibility index (Phi) is 3.03. The molecule has 0 amide bonds. The maximum absolute atomic E-state index is 9.56. The molecule has 2 aromatic carbocycles. The Balaban J connectivity index is 2.03. The van der Waals surface area contributed by atoms with Crippen molar-refractivity contribution in [2.75, 3.05) is 0 Å². The third-order valence-corrected chi connectivity index (χ3v) is 2.42. The third-order valence-electron chi connectivity index (χ3n) is 2.42. The average Bonchev–Trinajstić information content (AvgIpc) is 2.29. The van der Waals surface area contributed by atoms with Gasteiger partial charge in [-0.3, -0.25) is 0 Å². The molecule has 0 heterocycles. The van der Waals surface area contributed by atoms with E-state index < -0.39 is 0 Å². The van der Waals surface area contributed by atoms with Crippen LogP contribution in [0.15, 0.2) is 48.5 Å². The molecule has 1 radical (unpaired) electrons. The Morgan fingerprint density at radius 3 is 2.47 bits per heavy atom. The summed E-state index contributed by atoms with van der Waals surface area (Å²) in [6.45, 7) is 0. The van der Waals surface area contributed by atoms with Crippen molar-refractivity contribution < 1.29 is 5.11 Å². The first-order chi connectivity index (χ1) is 7.36. The SMILES string of the molecule is Oc1ccc[c]c1CCc1ccccc1. The maximum Gasteiger partial charge on any atom is 0.119 e. The largest absolute Gasteiger partial charge is 0.508 e. The third kappa shape index (κ3) is 2.59. The molecular formula is C14H13O. The summed E-state index contributed by atoms with van der Waals surface area (Å²) in [5.74, 6) is 0.341. The first-order valence-electron chi connectivity index (χ1n) is 5.09. The molecule has 0 saturated heterocycles. The summed E-state index contributed by atoms with van der Waals surface area (Å²) < 4.78 is 0. The quantitative estimate of drug-likeness (QED) is 0.802. The number of aromatic hydroxyl groups is 1. The highest BCUT2D eigenvalue weighted by atomic mass is 16.3. The molecule has 0 aliphatic heterocycles. The molecule has 1 nitrogen and oxygen atoms in total. The minimum Gasteiger partial charge on any atom is -0.508 e. The molecule has 75 valence electrons. The molecule has 2 aromatic rings. The molecule has 0 bridgehead atoms. The van der Waals surface area contributed by atoms with Crippen LogP contribution in [0, 0.1) is 6.07 Å². The van der Waals surface area contributed by atoms with E-state index in [1.165, 1.54) is 5.56 Å². The number of phenols is 1. The van der Waals surface area contributed by atoms with Crippen molar-refractivity contribution in [2.24, 2.45) is 0 Å². The van der Waals surface area contributed by atoms with Crippen molar-refractivity contribution in [1.29, 1.82) is 0 Å². The Labute approximate surface area is 90.0 Å². The van der Waals surface area contributed by atoms with Gasteiger partial charge in [0.15, 0.2) is 0 Å². The second kappa shape index (κ2) is 4.65. The van der Waals surface area contributed by atoms with Crippen LogP contribution in [0.5, 0.6) is 5.75 Å². The Morgan fingerprint density at radius 2 is 1.73 bits per heavy atom. The zero-order valence-corrected chi connectivity index (χ0v) is 8.48. The summed E-state index contributed by atoms with van der Waals surface area (Å²) in [5.41, 5.74) is 2.18. The summed E-state index contributed by atoms with van der Waals surface area (Å²) in [7, 11) is 0. The van der Waals surface area contributed by atoms with Crippen LogP contribution in [-0.2, 0) is 12.8 Å². The number of aryl methyl sites for hydroxylation is 2. The minimum absolute atomic E-state index is 0.341. The average molecular weight is 197 g/mol. The van der Waals surface area contributed by atoms with Crippen molar-refractivity contribution in [2.45, 2.75) is 12.8 Å². The van der Waals surface area contributed by atoms with E-state index in [0.29, 0.717) is 5.75 Å². The lowest BCUT2D eigenvalue weighted by atomic mass is 10.0. The smallest absolute Gasteiger partial charge is 0.119 e. The molecule has 0 atom stereocenters. The number of rotatable bonds is 3. The molecule has 0 unspecified atom stereocenters. The normalized spacial score (nSPS) is 10.1. The number of benzene rings is 2. The molecule has 0 spiro atoms. The molecule has 0 aliphatic rings. The first-order valence-corrected chi connectivity index (χ1v) is 5.09. The van der Waals surface area contributed by atoms with Crippen molar-refractivity contribution in [3.05, 3.63) is 65.7 Å². The lowest BCUT2D eigenvalue weighted by Crippen LogP contribution is -1.91. The van der Waals surface area contributed by atoms with E-state index in [0.717, 1.165) is 18.4 Å². The van der Waals surface area contributed by atoms with Gasteiger partial charge in [-0.15, -0.1) is 0 Å². The zero-order chi connectivity index (χ0) is 10.5. The van der Waals surface area contributed by atoms with Crippen molar-refractivity contribution in [1.82, 2.24) is 0 Å². The first kappa shape index (κ1) is 9.78. The van der Waals surface area contributed by atoms with Crippen LogP contribution in [0.1, 0.15) is 11.1 Å². The fourth-order valence-corrected chi connectivity index (χ4v) is 1.58. The number of hydrogen-bond donors (Lipinski definition) is 1. The Bertz CT molecular complexity index is 420. The highest BCUT2D eigenvalue weighted by Crippen LogP contribution is 2.17. The fourth-order valence-electron chi connectivity index (χ4n) is 1.58. The van der Waals surface area contributed by atoms with Crippen LogP contribution in [0.2, 0.25) is 0 Å². The molecule has 1 heteroatoms. The zero-order valence-electron chi connectivity index (χ0n) is 8.48. The van der Waals surface area contributed by atoms with Gasteiger partial charge >= 0.3 is 0 Å². The predicted molar refractivity (Wildman–Crippen MR) is 60.8 cm³/mol. The molecule has 0 fully saturated rings. The van der Waals surface area contributed by atoms with Gasteiger partial charge in [0.2, 0.25) is 0 Å². The van der Waals surface area contributed by atoms with Gasteiger partial charge in [-0.25, -0.2) is 0 Å². The molecule has 15 heavy (non-hydrogen) atoms. The van der Waals surface area contributed by atoms with Gasteiger partial charge in [-0.05, 0) is 30.5 Å². The molecule has 1 N–H and O–H groups in total. The van der Waals surface area contributed by atoms with E-state index >= 15 is 0 Å². The molecule has 0 aliphatic carbocycles. The van der Waals surface area contributed by atoms with Gasteiger partial charge in [0.05, 0.1) is 0 Å². The fraction of sp³-hybridized carbons (Fsp3) is 0.143. The van der Waals surface area contributed by atoms with E-state index in [4.69, 9.17) is 0 Å². The van der Waals surface area contributed by atoms with E-state index in [1.54, 1.807) is 12.1 Å². The number of phenolic OH excluding ortho intramolecular Hbond substituents is 1. The lowest BCUT2D eigenvalue weighted by Gasteiger charge is -2.03. The van der Waals surface area contributed by atoms with Crippen LogP contribution < -0.4 is 0 Å². The second-order valence-corrected chi connectivity index (χ2v) is 3.52. The van der Waals surface area contributed by atoms with Crippen LogP contribution in [-0.4, -0.2) is 5.11 Å². The summed E-state index contributed by atoms with van der Waals surface area (Å²) in [4.78, 5) is 0. The van der Waals surface area contributed by atoms with Crippen molar-refractivity contribution in [3.63, 3.8) is 0 Å². The van der Waals surface area contributed by atoms with Gasteiger partial charge in [-0.2, -0.15) is 0 Å². The molecule has 0 aromatic heterocycles. The monoisotopic (exact) mass is 197 g/mol. The van der Waals surface area contributed by atoms with Crippen molar-refractivity contribution in [3.8, 4) is 5.75 Å². The molecule has 0 saturated carbocycles. The van der Waals surface area contributed by atoms with Crippen LogP contribution in [0.4, 0.5) is 0 Å². The number of hydrogen-bond acceptors (Lipinski definition) is 1. The highest BCUT2D eigenvalue weighted by molar-refractivity contribution is 5.31. The van der Waals surface area contributed by atoms with Gasteiger partial charge in [0, 0.05) is 5.56 Å². The Morgan fingerprint density at radius 1 is 0.933 bits per heavy atom. The summed E-state index contributed by atoms with van der Waals surface area (Å²) in [6.07, 6.45) is 1.77. The molecular weight excluding hydrogens is 184 g/mol. The summed E-state index contributed by atoms with van der Waals surface area (Å²) >= 11 is 0. The van der Waals surface area contributed by atoms with Gasteiger partial charge < -0.3 is 5.11 Å². The lowest BCUT2D eigenvalue weighted by molar-refractivity contribution is 0.467. The van der Waals surface area contributed by atoms with E-state index in [2.05, 4.69) is 18.2 Å². The van der Waals surface area contributed by atoms with Crippen LogP contribution >= 0.6 is 0 Å². The minimum atomic E-state index is 0.341. The second-order valence-electron chi connectivity index (χ2n) is 3.52. The van der Waals surface area contributed by atoms with E-state index in [9.17, 15) is 5.11 Å². The standard InChI is InChI=1S/C14H13O/c15-14-9-5-4-8-13(14)11-10-12-6-2-1-3-7-12/h1-7,9,15H,10-11H2. The Hall–Kier alpha value is -1.76. The van der Waals surface area contributed by atoms with Gasteiger partial charge in [-0.1, -0.05) is 42.5 Å². The summed E-state index contributed by atoms with van der Waals surface area (Å²) in [6, 6.07) is 18.7. The van der Waals surface area contributed by atoms with E-state index in [1.807, 2.05) is 24.3 Å². The van der Waals surface area contributed by atoms with Gasteiger partial charge in [0.1, 0.15) is 5.75 Å². The molecule has 2 rings (SSSR count). The maximum atomic E-state index is 9.56. The van der Waals surface area contributed by atoms with Crippen LogP contribution in [0.25, 0.3) is 0 Å². The predicted octanol–water partition coefficient (Wildman–Crippen LogP) is 2.98. The van der Waals surface area contributed by atoms with Crippen LogP contribution in [0.3, 0.4) is 0 Å². The van der Waals surface area contributed by atoms with Crippen molar-refractivity contribution >= 4 is 0 Å². The van der Waals surface area contributed by atoms with E-state index in [-0.39, 0.29) is 0 Å². The highest BCUT2D eigenvalue weighted by Gasteiger charge is 2.00. The topological polar surface area (TPSA) is 20.2 Å². The summed E-state index contributed by atoms with van der Waals surface area (Å²) in [5, 5.41) is 9.56. The van der Waals surface area contributed by atoms with Gasteiger partial charge in [0.25, 0.3) is 0 Å².